The molecule has 2 N–H and O–H groups in total. The summed E-state index contributed by atoms with van der Waals surface area (Å²) >= 11 is 0. The van der Waals surface area contributed by atoms with Crippen molar-refractivity contribution in [1.29, 1.82) is 0 Å². The highest BCUT2D eigenvalue weighted by Crippen LogP contribution is 2.33. The number of benzene rings is 1. The van der Waals surface area contributed by atoms with Gasteiger partial charge in [-0.3, -0.25) is 15.0 Å². The maximum atomic E-state index is 13.6. The third kappa shape index (κ3) is 5.34. The van der Waals surface area contributed by atoms with Crippen molar-refractivity contribution in [3.8, 4) is 5.75 Å². The molecule has 1 aromatic heterocycles. The lowest BCUT2D eigenvalue weighted by atomic mass is 9.98. The molecule has 0 spiro atoms. The van der Waals surface area contributed by atoms with E-state index in [-0.39, 0.29) is 44.5 Å². The zero-order chi connectivity index (χ0) is 25.0. The second-order valence-electron chi connectivity index (χ2n) is 8.03. The number of alkyl halides is 3. The fourth-order valence-corrected chi connectivity index (χ4v) is 6.17. The number of carbonyl (C=O) groups is 1. The topological polar surface area (TPSA) is 109 Å². The molecular formula is C22H26F3N3O5S. The molecule has 0 saturated carbocycles. The third-order valence-electron chi connectivity index (χ3n) is 6.00. The van der Waals surface area contributed by atoms with E-state index < -0.39 is 38.5 Å². The normalized spacial score (nSPS) is 17.7. The Labute approximate surface area is 195 Å². The van der Waals surface area contributed by atoms with Crippen LogP contribution in [-0.4, -0.2) is 52.8 Å². The van der Waals surface area contributed by atoms with Gasteiger partial charge in [-0.2, -0.15) is 13.2 Å². The average Bonchev–Trinajstić information content (AvgIpc) is 2.82. The first kappa shape index (κ1) is 25.9. The molecule has 1 aromatic carbocycles. The summed E-state index contributed by atoms with van der Waals surface area (Å²) in [4.78, 5) is 16.8. The predicted octanol–water partition coefficient (Wildman–Crippen LogP) is 3.17. The second-order valence-corrected chi connectivity index (χ2v) is 10.3. The average molecular weight is 502 g/mol. The molecule has 8 nitrogen and oxygen atoms in total. The first-order chi connectivity index (χ1) is 16.0. The number of halogens is 3. The van der Waals surface area contributed by atoms with Crippen molar-refractivity contribution in [2.75, 3.05) is 13.1 Å². The van der Waals surface area contributed by atoms with Crippen LogP contribution < -0.4 is 10.2 Å². The van der Waals surface area contributed by atoms with Crippen LogP contribution in [0.3, 0.4) is 0 Å². The van der Waals surface area contributed by atoms with Gasteiger partial charge in [-0.05, 0) is 55.7 Å². The van der Waals surface area contributed by atoms with E-state index in [1.807, 2.05) is 0 Å². The van der Waals surface area contributed by atoms with Gasteiger partial charge in [0, 0.05) is 31.4 Å². The second kappa shape index (κ2) is 10.3. The fraction of sp³-hybridized carbons (Fsp3) is 0.455. The van der Waals surface area contributed by atoms with E-state index in [4.69, 9.17) is 4.74 Å². The Hall–Kier alpha value is -2.70. The summed E-state index contributed by atoms with van der Waals surface area (Å²) in [7, 11) is -4.22. The first-order valence-electron chi connectivity index (χ1n) is 10.7. The minimum Gasteiger partial charge on any atom is -0.490 e. The number of sulfonamides is 1. The predicted molar refractivity (Wildman–Crippen MR) is 116 cm³/mol. The van der Waals surface area contributed by atoms with Crippen LogP contribution in [-0.2, 0) is 27.4 Å². The van der Waals surface area contributed by atoms with Gasteiger partial charge in [0.15, 0.2) is 4.75 Å². The van der Waals surface area contributed by atoms with Crippen LogP contribution in [0.15, 0.2) is 48.7 Å². The van der Waals surface area contributed by atoms with Gasteiger partial charge in [0.2, 0.25) is 10.0 Å². The summed E-state index contributed by atoms with van der Waals surface area (Å²) in [6, 6.07) is 9.26. The summed E-state index contributed by atoms with van der Waals surface area (Å²) in [5, 5.41) is 9.32. The quantitative estimate of drug-likeness (QED) is 0.425. The van der Waals surface area contributed by atoms with E-state index in [0.717, 1.165) is 12.1 Å². The van der Waals surface area contributed by atoms with Gasteiger partial charge in [0.25, 0.3) is 5.91 Å². The van der Waals surface area contributed by atoms with Crippen LogP contribution in [0.25, 0.3) is 0 Å². The lowest BCUT2D eigenvalue weighted by molar-refractivity contribution is -0.137. The smallest absolute Gasteiger partial charge is 0.416 e. The molecule has 2 heterocycles. The molecule has 1 unspecified atom stereocenters. The molecule has 3 rings (SSSR count). The van der Waals surface area contributed by atoms with Gasteiger partial charge in [-0.1, -0.05) is 13.0 Å². The monoisotopic (exact) mass is 501 g/mol. The van der Waals surface area contributed by atoms with Gasteiger partial charge in [-0.15, -0.1) is 0 Å². The number of amides is 1. The molecule has 34 heavy (non-hydrogen) atoms. The van der Waals surface area contributed by atoms with Crippen molar-refractivity contribution in [2.45, 2.75) is 49.6 Å². The minimum absolute atomic E-state index is 0.0519. The molecule has 1 amide bonds. The fourth-order valence-electron chi connectivity index (χ4n) is 4.01. The summed E-state index contributed by atoms with van der Waals surface area (Å²) in [6.07, 6.45) is -3.11. The SMILES string of the molecule is CCC(Cc1ccccn1)(C(=O)NO)S(=O)(=O)N1CCC(Oc2ccc(C(F)(F)F)cc2)CC1. The molecular weight excluding hydrogens is 475 g/mol. The van der Waals surface area contributed by atoms with E-state index in [2.05, 4.69) is 4.98 Å². The molecule has 1 aliphatic rings. The molecule has 12 heteroatoms. The summed E-state index contributed by atoms with van der Waals surface area (Å²) in [5.41, 5.74) is 1.10. The van der Waals surface area contributed by atoms with Crippen LogP contribution in [0.2, 0.25) is 0 Å². The van der Waals surface area contributed by atoms with Crippen molar-refractivity contribution in [1.82, 2.24) is 14.8 Å². The number of nitrogens with zero attached hydrogens (tertiary/aromatic N) is 2. The molecule has 0 radical (unpaired) electrons. The molecule has 186 valence electrons. The number of hydroxylamine groups is 1. The zero-order valence-electron chi connectivity index (χ0n) is 18.5. The standard InChI is InChI=1S/C22H26F3N3O5S/c1-2-21(20(29)27-30,15-17-5-3-4-12-26-17)34(31,32)28-13-10-19(11-14-28)33-18-8-6-16(7-9-18)22(23,24)25/h3-9,12,19,30H,2,10-11,13-15H2,1H3,(H,27,29). The number of hydrogen-bond acceptors (Lipinski definition) is 6. The number of aromatic nitrogens is 1. The molecule has 0 bridgehead atoms. The van der Waals surface area contributed by atoms with Crippen molar-refractivity contribution in [3.63, 3.8) is 0 Å². The maximum absolute atomic E-state index is 13.6. The number of carbonyl (C=O) groups excluding carboxylic acids is 1. The Kier molecular flexibility index (Phi) is 7.84. The van der Waals surface area contributed by atoms with Crippen molar-refractivity contribution >= 4 is 15.9 Å². The molecule has 2 aromatic rings. The Morgan fingerprint density at radius 2 is 1.82 bits per heavy atom. The Bertz CT molecular complexity index is 1070. The summed E-state index contributed by atoms with van der Waals surface area (Å²) in [5.74, 6) is -0.782. The van der Waals surface area contributed by atoms with Gasteiger partial charge in [-0.25, -0.2) is 18.2 Å². The number of pyridine rings is 1. The Balaban J connectivity index is 1.73. The van der Waals surface area contributed by atoms with Crippen LogP contribution in [0, 0.1) is 0 Å². The summed E-state index contributed by atoms with van der Waals surface area (Å²) < 4.78 is 70.4. The van der Waals surface area contributed by atoms with Crippen LogP contribution in [0.4, 0.5) is 13.2 Å². The van der Waals surface area contributed by atoms with Gasteiger partial charge in [0.05, 0.1) is 5.56 Å². The zero-order valence-corrected chi connectivity index (χ0v) is 19.3. The Morgan fingerprint density at radius 1 is 1.18 bits per heavy atom. The van der Waals surface area contributed by atoms with Crippen molar-refractivity contribution < 1.29 is 36.3 Å². The van der Waals surface area contributed by atoms with Crippen molar-refractivity contribution in [3.05, 3.63) is 59.9 Å². The van der Waals surface area contributed by atoms with E-state index >= 15 is 0 Å². The van der Waals surface area contributed by atoms with Gasteiger partial charge < -0.3 is 4.74 Å². The number of hydrogen-bond donors (Lipinski definition) is 2. The van der Waals surface area contributed by atoms with Crippen molar-refractivity contribution in [2.24, 2.45) is 0 Å². The molecule has 1 fully saturated rings. The lowest BCUT2D eigenvalue weighted by Gasteiger charge is -2.38. The molecule has 1 atom stereocenters. The lowest BCUT2D eigenvalue weighted by Crippen LogP contribution is -2.59. The Morgan fingerprint density at radius 3 is 2.32 bits per heavy atom. The van der Waals surface area contributed by atoms with Gasteiger partial charge >= 0.3 is 6.18 Å². The number of rotatable bonds is 8. The number of nitrogens with one attached hydrogen (secondary N) is 1. The number of piperidine rings is 1. The van der Waals surface area contributed by atoms with Crippen LogP contribution in [0.1, 0.15) is 37.4 Å². The number of ether oxygens (including phenoxy) is 1. The van der Waals surface area contributed by atoms with E-state index in [1.54, 1.807) is 25.1 Å². The largest absolute Gasteiger partial charge is 0.490 e. The van der Waals surface area contributed by atoms with Crippen LogP contribution in [0.5, 0.6) is 5.75 Å². The molecule has 1 aliphatic heterocycles. The maximum Gasteiger partial charge on any atom is 0.416 e. The third-order valence-corrected chi connectivity index (χ3v) is 8.65. The van der Waals surface area contributed by atoms with E-state index in [0.29, 0.717) is 5.69 Å². The summed E-state index contributed by atoms with van der Waals surface area (Å²) in [6.45, 7) is 1.66. The molecule has 1 saturated heterocycles. The minimum atomic E-state index is -4.44. The van der Waals surface area contributed by atoms with Gasteiger partial charge in [0.1, 0.15) is 11.9 Å². The highest BCUT2D eigenvalue weighted by molar-refractivity contribution is 7.91. The van der Waals surface area contributed by atoms with Crippen LogP contribution >= 0.6 is 0 Å². The van der Waals surface area contributed by atoms with E-state index in [1.165, 1.54) is 28.1 Å². The molecule has 0 aliphatic carbocycles. The highest BCUT2D eigenvalue weighted by atomic mass is 32.2. The first-order valence-corrected chi connectivity index (χ1v) is 12.2. The highest BCUT2D eigenvalue weighted by Gasteiger charge is 2.53. The van der Waals surface area contributed by atoms with E-state index in [9.17, 15) is 31.6 Å².